The van der Waals surface area contributed by atoms with Gasteiger partial charge < -0.3 is 29.3 Å². The quantitative estimate of drug-likeness (QED) is 0.609. The van der Waals surface area contributed by atoms with Gasteiger partial charge in [-0.3, -0.25) is 4.79 Å². The second-order valence-corrected chi connectivity index (χ2v) is 9.82. The van der Waals surface area contributed by atoms with Crippen LogP contribution in [-0.2, 0) is 14.1 Å². The Bertz CT molecular complexity index is 785. The standard InChI is InChI=1S/C21H33BN4O5/c1-20(2)21(3,4)31-22(30-20)14-10-23-19(24-11-14)26(15-7-8-15)16-6-5-9-25(12-16)18(29)17(28)13-27/h10-11,15-17,27-28H,5-9,12-13H2,1-4H3/t16-,17?/m0/s1. The predicted octanol–water partition coefficient (Wildman–Crippen LogP) is 0.0888. The number of hydrogen-bond donors (Lipinski definition) is 2. The summed E-state index contributed by atoms with van der Waals surface area (Å²) in [5.41, 5.74) is -0.0639. The van der Waals surface area contributed by atoms with Gasteiger partial charge in [-0.1, -0.05) is 0 Å². The van der Waals surface area contributed by atoms with Crippen molar-refractivity contribution in [3.8, 4) is 0 Å². The number of carbonyl (C=O) groups excluding carboxylic acids is 1. The van der Waals surface area contributed by atoms with Crippen LogP contribution in [0, 0.1) is 0 Å². The van der Waals surface area contributed by atoms with Gasteiger partial charge in [0.2, 0.25) is 5.95 Å². The zero-order valence-corrected chi connectivity index (χ0v) is 18.8. The molecule has 1 aromatic rings. The number of aromatic nitrogens is 2. The summed E-state index contributed by atoms with van der Waals surface area (Å²) >= 11 is 0. The normalized spacial score (nSPS) is 26.1. The summed E-state index contributed by atoms with van der Waals surface area (Å²) in [6, 6.07) is 0.448. The molecule has 0 spiro atoms. The van der Waals surface area contributed by atoms with E-state index in [1.807, 2.05) is 27.7 Å². The average molecular weight is 432 g/mol. The number of anilines is 1. The van der Waals surface area contributed by atoms with E-state index >= 15 is 0 Å². The highest BCUT2D eigenvalue weighted by atomic mass is 16.7. The molecule has 2 atom stereocenters. The minimum atomic E-state index is -1.36. The SMILES string of the molecule is CC1(C)OB(c2cnc(N(C3CC3)[C@H]3CCCN(C(=O)C(O)CO)C3)nc2)OC1(C)C. The lowest BCUT2D eigenvalue weighted by molar-refractivity contribution is -0.143. The Morgan fingerprint density at radius 2 is 1.81 bits per heavy atom. The monoisotopic (exact) mass is 432 g/mol. The van der Waals surface area contributed by atoms with Gasteiger partial charge in [0.05, 0.1) is 17.8 Å². The summed E-state index contributed by atoms with van der Waals surface area (Å²) in [5, 5.41) is 18.9. The average Bonchev–Trinajstić information content (AvgIpc) is 3.54. The molecular formula is C21H33BN4O5. The van der Waals surface area contributed by atoms with Crippen molar-refractivity contribution in [3.63, 3.8) is 0 Å². The Morgan fingerprint density at radius 3 is 2.35 bits per heavy atom. The van der Waals surface area contributed by atoms with Crippen LogP contribution in [0.5, 0.6) is 0 Å². The van der Waals surface area contributed by atoms with Crippen LogP contribution in [0.3, 0.4) is 0 Å². The maximum atomic E-state index is 12.4. The van der Waals surface area contributed by atoms with E-state index in [-0.39, 0.29) is 6.04 Å². The number of likely N-dealkylation sites (tertiary alicyclic amines) is 1. The third-order valence-corrected chi connectivity index (χ3v) is 6.91. The maximum Gasteiger partial charge on any atom is 0.498 e. The van der Waals surface area contributed by atoms with Gasteiger partial charge in [-0.25, -0.2) is 9.97 Å². The van der Waals surface area contributed by atoms with Gasteiger partial charge in [0.25, 0.3) is 5.91 Å². The Hall–Kier alpha value is -1.75. The molecule has 4 rings (SSSR count). The van der Waals surface area contributed by atoms with Crippen LogP contribution >= 0.6 is 0 Å². The molecule has 10 heteroatoms. The summed E-state index contributed by atoms with van der Waals surface area (Å²) in [5.74, 6) is 0.227. The van der Waals surface area contributed by atoms with Gasteiger partial charge in [0.1, 0.15) is 0 Å². The molecule has 1 amide bonds. The van der Waals surface area contributed by atoms with E-state index in [1.54, 1.807) is 17.3 Å². The first-order valence-corrected chi connectivity index (χ1v) is 11.2. The molecule has 9 nitrogen and oxygen atoms in total. The number of rotatable bonds is 6. The number of aliphatic hydroxyl groups is 2. The van der Waals surface area contributed by atoms with Crippen LogP contribution in [-0.4, -0.2) is 87.2 Å². The van der Waals surface area contributed by atoms with Gasteiger partial charge in [-0.05, 0) is 53.4 Å². The van der Waals surface area contributed by atoms with Crippen molar-refractivity contribution < 1.29 is 24.3 Å². The number of nitrogens with zero attached hydrogens (tertiary/aromatic N) is 4. The van der Waals surface area contributed by atoms with Gasteiger partial charge >= 0.3 is 7.12 Å². The highest BCUT2D eigenvalue weighted by Crippen LogP contribution is 2.37. The molecule has 1 aromatic heterocycles. The third-order valence-electron chi connectivity index (χ3n) is 6.91. The molecule has 170 valence electrons. The van der Waals surface area contributed by atoms with Crippen molar-refractivity contribution >= 4 is 24.4 Å². The molecule has 0 radical (unpaired) electrons. The molecular weight excluding hydrogens is 399 g/mol. The summed E-state index contributed by atoms with van der Waals surface area (Å²) in [4.78, 5) is 25.5. The first-order chi connectivity index (χ1) is 14.6. The molecule has 1 saturated carbocycles. The van der Waals surface area contributed by atoms with Crippen LogP contribution in [0.2, 0.25) is 0 Å². The Morgan fingerprint density at radius 1 is 1.19 bits per heavy atom. The Labute approximate surface area is 183 Å². The summed E-state index contributed by atoms with van der Waals surface area (Å²) in [6.45, 7) is 8.58. The number of amides is 1. The Kier molecular flexibility index (Phi) is 6.02. The van der Waals surface area contributed by atoms with Gasteiger partial charge in [-0.15, -0.1) is 0 Å². The van der Waals surface area contributed by atoms with Gasteiger partial charge in [0, 0.05) is 43.0 Å². The molecule has 0 bridgehead atoms. The van der Waals surface area contributed by atoms with E-state index in [9.17, 15) is 9.90 Å². The number of carbonyl (C=O) groups is 1. The molecule has 3 aliphatic rings. The molecule has 3 fully saturated rings. The van der Waals surface area contributed by atoms with E-state index in [1.165, 1.54) is 0 Å². The van der Waals surface area contributed by atoms with Gasteiger partial charge in [0.15, 0.2) is 6.10 Å². The lowest BCUT2D eigenvalue weighted by Gasteiger charge is -2.40. The van der Waals surface area contributed by atoms with Crippen LogP contribution in [0.4, 0.5) is 5.95 Å². The van der Waals surface area contributed by atoms with E-state index in [0.29, 0.717) is 25.1 Å². The van der Waals surface area contributed by atoms with Crippen molar-refractivity contribution in [3.05, 3.63) is 12.4 Å². The number of hydrogen-bond acceptors (Lipinski definition) is 8. The summed E-state index contributed by atoms with van der Waals surface area (Å²) in [6.07, 6.45) is 6.09. The highest BCUT2D eigenvalue weighted by molar-refractivity contribution is 6.61. The zero-order valence-electron chi connectivity index (χ0n) is 18.8. The first-order valence-electron chi connectivity index (χ1n) is 11.2. The van der Waals surface area contributed by atoms with Crippen molar-refractivity contribution in [2.24, 2.45) is 0 Å². The van der Waals surface area contributed by atoms with E-state index in [4.69, 9.17) is 14.4 Å². The van der Waals surface area contributed by atoms with Crippen molar-refractivity contribution in [2.45, 2.75) is 82.8 Å². The van der Waals surface area contributed by atoms with E-state index in [0.717, 1.165) is 31.1 Å². The smallest absolute Gasteiger partial charge is 0.399 e. The number of piperidine rings is 1. The van der Waals surface area contributed by atoms with Crippen LogP contribution in [0.15, 0.2) is 12.4 Å². The Balaban J connectivity index is 1.49. The van der Waals surface area contributed by atoms with Crippen molar-refractivity contribution in [2.75, 3.05) is 24.6 Å². The minimum Gasteiger partial charge on any atom is -0.399 e. The first kappa shape index (κ1) is 22.4. The molecule has 3 heterocycles. The van der Waals surface area contributed by atoms with Crippen molar-refractivity contribution in [1.82, 2.24) is 14.9 Å². The molecule has 0 aromatic carbocycles. The minimum absolute atomic E-state index is 0.0822. The summed E-state index contributed by atoms with van der Waals surface area (Å²) in [7, 11) is -0.504. The fourth-order valence-corrected chi connectivity index (χ4v) is 4.21. The maximum absolute atomic E-state index is 12.4. The van der Waals surface area contributed by atoms with Crippen LogP contribution in [0.1, 0.15) is 53.4 Å². The topological polar surface area (TPSA) is 108 Å². The lowest BCUT2D eigenvalue weighted by Crippen LogP contribution is -2.53. The van der Waals surface area contributed by atoms with E-state index < -0.39 is 36.9 Å². The summed E-state index contributed by atoms with van der Waals surface area (Å²) < 4.78 is 12.2. The molecule has 2 saturated heterocycles. The molecule has 2 N–H and O–H groups in total. The highest BCUT2D eigenvalue weighted by Gasteiger charge is 2.52. The zero-order chi connectivity index (χ0) is 22.4. The fourth-order valence-electron chi connectivity index (χ4n) is 4.21. The predicted molar refractivity (Wildman–Crippen MR) is 116 cm³/mol. The van der Waals surface area contributed by atoms with Crippen LogP contribution < -0.4 is 10.4 Å². The largest absolute Gasteiger partial charge is 0.498 e. The van der Waals surface area contributed by atoms with E-state index in [2.05, 4.69) is 14.9 Å². The van der Waals surface area contributed by atoms with Crippen molar-refractivity contribution in [1.29, 1.82) is 0 Å². The molecule has 1 aliphatic carbocycles. The number of aliphatic hydroxyl groups excluding tert-OH is 2. The molecule has 1 unspecified atom stereocenters. The third kappa shape index (κ3) is 4.44. The van der Waals surface area contributed by atoms with Gasteiger partial charge in [-0.2, -0.15) is 0 Å². The lowest BCUT2D eigenvalue weighted by atomic mass is 9.81. The molecule has 31 heavy (non-hydrogen) atoms. The molecule has 2 aliphatic heterocycles. The second-order valence-electron chi connectivity index (χ2n) is 9.82. The second kappa shape index (κ2) is 8.31. The fraction of sp³-hybridized carbons (Fsp3) is 0.762. The van der Waals surface area contributed by atoms with Crippen LogP contribution in [0.25, 0.3) is 0 Å².